The van der Waals surface area contributed by atoms with Crippen molar-refractivity contribution in [3.63, 3.8) is 0 Å². The van der Waals surface area contributed by atoms with Crippen molar-refractivity contribution < 1.29 is 0 Å². The molecule has 0 amide bonds. The molecule has 3 heteroatoms. The van der Waals surface area contributed by atoms with Gasteiger partial charge in [0.15, 0.2) is 0 Å². The van der Waals surface area contributed by atoms with E-state index >= 15 is 0 Å². The van der Waals surface area contributed by atoms with Crippen LogP contribution in [0.1, 0.15) is 25.3 Å². The molecule has 1 fully saturated rings. The summed E-state index contributed by atoms with van der Waals surface area (Å²) < 4.78 is 1.11. The Morgan fingerprint density at radius 3 is 3.00 bits per heavy atom. The van der Waals surface area contributed by atoms with Gasteiger partial charge in [-0.15, -0.1) is 0 Å². The fourth-order valence-electron chi connectivity index (χ4n) is 2.43. The number of anilines is 1. The number of rotatable bonds is 2. The predicted molar refractivity (Wildman–Crippen MR) is 72.6 cm³/mol. The first-order valence-corrected chi connectivity index (χ1v) is 6.73. The monoisotopic (exact) mass is 282 g/mol. The van der Waals surface area contributed by atoms with Crippen LogP contribution in [-0.4, -0.2) is 13.1 Å². The quantitative estimate of drug-likeness (QED) is 0.903. The Hall–Kier alpha value is -0.540. The second kappa shape index (κ2) is 5.19. The van der Waals surface area contributed by atoms with Gasteiger partial charge in [0.2, 0.25) is 0 Å². The molecule has 16 heavy (non-hydrogen) atoms. The zero-order valence-electron chi connectivity index (χ0n) is 9.75. The van der Waals surface area contributed by atoms with E-state index in [-0.39, 0.29) is 0 Å². The Balaban J connectivity index is 2.24. The van der Waals surface area contributed by atoms with Crippen LogP contribution in [0.5, 0.6) is 0 Å². The average molecular weight is 283 g/mol. The van der Waals surface area contributed by atoms with Crippen LogP contribution in [0.15, 0.2) is 22.7 Å². The van der Waals surface area contributed by atoms with Crippen LogP contribution in [0, 0.1) is 5.92 Å². The van der Waals surface area contributed by atoms with Crippen LogP contribution in [0.4, 0.5) is 5.69 Å². The largest absolute Gasteiger partial charge is 0.371 e. The molecule has 2 N–H and O–H groups in total. The molecular weight excluding hydrogens is 264 g/mol. The van der Waals surface area contributed by atoms with Crippen LogP contribution < -0.4 is 10.6 Å². The number of hydrogen-bond donors (Lipinski definition) is 1. The average Bonchev–Trinajstić information content (AvgIpc) is 2.28. The molecule has 1 atom stereocenters. The lowest BCUT2D eigenvalue weighted by Gasteiger charge is -2.34. The molecule has 1 aliphatic heterocycles. The molecule has 1 aliphatic rings. The number of halogens is 1. The van der Waals surface area contributed by atoms with Crippen LogP contribution in [0.25, 0.3) is 0 Å². The molecule has 0 saturated carbocycles. The van der Waals surface area contributed by atoms with Gasteiger partial charge < -0.3 is 10.6 Å². The maximum absolute atomic E-state index is 5.81. The van der Waals surface area contributed by atoms with Gasteiger partial charge in [-0.25, -0.2) is 0 Å². The van der Waals surface area contributed by atoms with Crippen LogP contribution >= 0.6 is 15.9 Å². The van der Waals surface area contributed by atoms with Gasteiger partial charge in [-0.3, -0.25) is 0 Å². The Morgan fingerprint density at radius 1 is 1.50 bits per heavy atom. The molecular formula is C13H19BrN2. The van der Waals surface area contributed by atoms with E-state index in [9.17, 15) is 0 Å². The van der Waals surface area contributed by atoms with Crippen molar-refractivity contribution in [1.82, 2.24) is 0 Å². The van der Waals surface area contributed by atoms with Crippen molar-refractivity contribution in [2.75, 3.05) is 18.0 Å². The van der Waals surface area contributed by atoms with Crippen molar-refractivity contribution in [2.24, 2.45) is 11.7 Å². The zero-order chi connectivity index (χ0) is 11.5. The molecule has 1 saturated heterocycles. The molecule has 2 rings (SSSR count). The van der Waals surface area contributed by atoms with E-state index in [2.05, 4.69) is 46.0 Å². The van der Waals surface area contributed by atoms with Gasteiger partial charge in [0.25, 0.3) is 0 Å². The van der Waals surface area contributed by atoms with Gasteiger partial charge in [-0.1, -0.05) is 22.9 Å². The smallest absolute Gasteiger partial charge is 0.0412 e. The number of benzene rings is 1. The molecule has 2 nitrogen and oxygen atoms in total. The van der Waals surface area contributed by atoms with Gasteiger partial charge in [-0.05, 0) is 42.5 Å². The van der Waals surface area contributed by atoms with E-state index in [1.165, 1.54) is 30.6 Å². The lowest BCUT2D eigenvalue weighted by molar-refractivity contribution is 0.446. The second-order valence-corrected chi connectivity index (χ2v) is 5.59. The number of hydrogen-bond acceptors (Lipinski definition) is 2. The number of nitrogens with zero attached hydrogens (tertiary/aromatic N) is 1. The van der Waals surface area contributed by atoms with Crippen LogP contribution in [0.3, 0.4) is 0 Å². The lowest BCUT2D eigenvalue weighted by Crippen LogP contribution is -2.35. The summed E-state index contributed by atoms with van der Waals surface area (Å²) in [5.41, 5.74) is 8.37. The third-order valence-corrected chi connectivity index (χ3v) is 3.75. The van der Waals surface area contributed by atoms with E-state index in [4.69, 9.17) is 5.73 Å². The molecule has 0 aliphatic carbocycles. The second-order valence-electron chi connectivity index (χ2n) is 4.67. The summed E-state index contributed by atoms with van der Waals surface area (Å²) in [7, 11) is 0. The van der Waals surface area contributed by atoms with E-state index in [1.807, 2.05) is 0 Å². The first kappa shape index (κ1) is 11.9. The van der Waals surface area contributed by atoms with Crippen molar-refractivity contribution in [3.05, 3.63) is 28.2 Å². The van der Waals surface area contributed by atoms with Gasteiger partial charge in [0.1, 0.15) is 0 Å². The maximum atomic E-state index is 5.81. The minimum atomic E-state index is 0.611. The third kappa shape index (κ3) is 2.58. The summed E-state index contributed by atoms with van der Waals surface area (Å²) in [6.07, 6.45) is 2.65. The normalized spacial score (nSPS) is 21.2. The van der Waals surface area contributed by atoms with E-state index in [0.29, 0.717) is 6.54 Å². The Morgan fingerprint density at radius 2 is 2.31 bits per heavy atom. The number of piperidine rings is 1. The highest BCUT2D eigenvalue weighted by Crippen LogP contribution is 2.28. The molecule has 1 unspecified atom stereocenters. The van der Waals surface area contributed by atoms with Gasteiger partial charge in [-0.2, -0.15) is 0 Å². The van der Waals surface area contributed by atoms with Crippen molar-refractivity contribution >= 4 is 21.6 Å². The fraction of sp³-hybridized carbons (Fsp3) is 0.538. The molecule has 0 spiro atoms. The third-order valence-electron chi connectivity index (χ3n) is 3.26. The Kier molecular flexibility index (Phi) is 3.87. The van der Waals surface area contributed by atoms with Gasteiger partial charge in [0, 0.05) is 29.8 Å². The highest BCUT2D eigenvalue weighted by molar-refractivity contribution is 9.10. The summed E-state index contributed by atoms with van der Waals surface area (Å²) >= 11 is 3.50. The SMILES string of the molecule is CC1CCCN(c2ccc(Br)cc2CN)C1. The lowest BCUT2D eigenvalue weighted by atomic mass is 9.99. The highest BCUT2D eigenvalue weighted by atomic mass is 79.9. The Labute approximate surface area is 106 Å². The Bertz CT molecular complexity index is 365. The van der Waals surface area contributed by atoms with Gasteiger partial charge >= 0.3 is 0 Å². The highest BCUT2D eigenvalue weighted by Gasteiger charge is 2.18. The fourth-order valence-corrected chi connectivity index (χ4v) is 2.84. The van der Waals surface area contributed by atoms with Gasteiger partial charge in [0.05, 0.1) is 0 Å². The summed E-state index contributed by atoms with van der Waals surface area (Å²) in [6.45, 7) is 5.26. The molecule has 1 aromatic rings. The molecule has 0 radical (unpaired) electrons. The van der Waals surface area contributed by atoms with Crippen LogP contribution in [0.2, 0.25) is 0 Å². The molecule has 88 valence electrons. The molecule has 1 aromatic carbocycles. The summed E-state index contributed by atoms with van der Waals surface area (Å²) in [5, 5.41) is 0. The summed E-state index contributed by atoms with van der Waals surface area (Å²) in [6, 6.07) is 6.42. The van der Waals surface area contributed by atoms with E-state index in [0.717, 1.165) is 16.9 Å². The molecule has 0 aromatic heterocycles. The van der Waals surface area contributed by atoms with E-state index < -0.39 is 0 Å². The predicted octanol–water partition coefficient (Wildman–Crippen LogP) is 3.14. The summed E-state index contributed by atoms with van der Waals surface area (Å²) in [5.74, 6) is 0.794. The zero-order valence-corrected chi connectivity index (χ0v) is 11.3. The minimum absolute atomic E-state index is 0.611. The number of nitrogens with two attached hydrogens (primary N) is 1. The summed E-state index contributed by atoms with van der Waals surface area (Å²) in [4.78, 5) is 2.48. The topological polar surface area (TPSA) is 29.3 Å². The first-order valence-electron chi connectivity index (χ1n) is 5.94. The molecule has 1 heterocycles. The van der Waals surface area contributed by atoms with Crippen LogP contribution in [-0.2, 0) is 6.54 Å². The standard InChI is InChI=1S/C13H19BrN2/c1-10-3-2-6-16(9-10)13-5-4-12(14)7-11(13)8-15/h4-5,7,10H,2-3,6,8-9,15H2,1H3. The van der Waals surface area contributed by atoms with Crippen molar-refractivity contribution in [1.29, 1.82) is 0 Å². The van der Waals surface area contributed by atoms with Crippen molar-refractivity contribution in [2.45, 2.75) is 26.3 Å². The molecule has 0 bridgehead atoms. The maximum Gasteiger partial charge on any atom is 0.0412 e. The first-order chi connectivity index (χ1) is 7.70. The minimum Gasteiger partial charge on any atom is -0.371 e. The van der Waals surface area contributed by atoms with E-state index in [1.54, 1.807) is 0 Å². The van der Waals surface area contributed by atoms with Crippen molar-refractivity contribution in [3.8, 4) is 0 Å².